The van der Waals surface area contributed by atoms with Crippen molar-refractivity contribution in [2.24, 2.45) is 0 Å². The fraction of sp³-hybridized carbons (Fsp3) is 0.394. The summed E-state index contributed by atoms with van der Waals surface area (Å²) in [5.74, 6) is -0.699. The lowest BCUT2D eigenvalue weighted by molar-refractivity contribution is -0.140. The number of hydrogen-bond donors (Lipinski definition) is 1. The number of nitrogens with zero attached hydrogens (tertiary/aromatic N) is 2. The van der Waals surface area contributed by atoms with Crippen LogP contribution in [0.3, 0.4) is 0 Å². The Labute approximate surface area is 245 Å². The number of hydrogen-bond acceptors (Lipinski definition) is 4. The molecule has 2 amide bonds. The maximum atomic E-state index is 14.2. The highest BCUT2D eigenvalue weighted by Gasteiger charge is 2.34. The van der Waals surface area contributed by atoms with Gasteiger partial charge in [-0.15, -0.1) is 0 Å². The van der Waals surface area contributed by atoms with Crippen LogP contribution in [0.15, 0.2) is 71.6 Å². The molecule has 0 aliphatic carbocycles. The predicted molar refractivity (Wildman–Crippen MR) is 165 cm³/mol. The van der Waals surface area contributed by atoms with E-state index in [1.165, 1.54) is 9.21 Å². The van der Waals surface area contributed by atoms with Gasteiger partial charge in [0.15, 0.2) is 0 Å². The van der Waals surface area contributed by atoms with E-state index in [1.807, 2.05) is 78.8 Å². The summed E-state index contributed by atoms with van der Waals surface area (Å²) in [7, 11) is -4.11. The van der Waals surface area contributed by atoms with Crippen LogP contribution in [0.25, 0.3) is 0 Å². The second-order valence-corrected chi connectivity index (χ2v) is 12.7. The second kappa shape index (κ2) is 13.8. The van der Waals surface area contributed by atoms with Crippen molar-refractivity contribution in [3.8, 4) is 0 Å². The van der Waals surface area contributed by atoms with Crippen molar-refractivity contribution in [1.82, 2.24) is 10.2 Å². The number of amides is 2. The Balaban J connectivity index is 2.10. The van der Waals surface area contributed by atoms with Crippen molar-refractivity contribution >= 4 is 27.5 Å². The highest BCUT2D eigenvalue weighted by molar-refractivity contribution is 7.92. The predicted octanol–water partition coefficient (Wildman–Crippen LogP) is 5.84. The van der Waals surface area contributed by atoms with E-state index in [-0.39, 0.29) is 23.4 Å². The molecule has 3 aromatic rings. The summed E-state index contributed by atoms with van der Waals surface area (Å²) in [6.07, 6.45) is 1.14. The summed E-state index contributed by atoms with van der Waals surface area (Å²) in [5, 5.41) is 3.01. The molecule has 0 fully saturated rings. The van der Waals surface area contributed by atoms with E-state index in [1.54, 1.807) is 36.4 Å². The summed E-state index contributed by atoms with van der Waals surface area (Å²) >= 11 is 0. The SMILES string of the molecule is CC[C@H](C)NC(=O)[C@H](CC)N(Cc1ccc(C)cc1)C(=O)CN(c1cccc(C)c1C)S(=O)(=O)c1ccc(C)cc1. The van der Waals surface area contributed by atoms with E-state index in [4.69, 9.17) is 0 Å². The zero-order valence-corrected chi connectivity index (χ0v) is 26.1. The van der Waals surface area contributed by atoms with Gasteiger partial charge in [0.1, 0.15) is 12.6 Å². The Morgan fingerprint density at radius 3 is 1.98 bits per heavy atom. The molecule has 3 aromatic carbocycles. The van der Waals surface area contributed by atoms with Crippen LogP contribution < -0.4 is 9.62 Å². The van der Waals surface area contributed by atoms with E-state index in [2.05, 4.69) is 5.32 Å². The minimum absolute atomic E-state index is 0.0544. The number of anilines is 1. The number of carbonyl (C=O) groups is 2. The van der Waals surface area contributed by atoms with Crippen molar-refractivity contribution in [1.29, 1.82) is 0 Å². The Morgan fingerprint density at radius 1 is 0.829 bits per heavy atom. The van der Waals surface area contributed by atoms with Gasteiger partial charge in [-0.2, -0.15) is 0 Å². The first-order valence-electron chi connectivity index (χ1n) is 14.2. The summed E-state index contributed by atoms with van der Waals surface area (Å²) in [6, 6.07) is 19.0. The highest BCUT2D eigenvalue weighted by atomic mass is 32.2. The topological polar surface area (TPSA) is 86.8 Å². The molecule has 0 saturated heterocycles. The average molecular weight is 578 g/mol. The van der Waals surface area contributed by atoms with Crippen LogP contribution in [-0.2, 0) is 26.2 Å². The van der Waals surface area contributed by atoms with Gasteiger partial charge in [-0.05, 0) is 82.3 Å². The lowest BCUT2D eigenvalue weighted by atomic mass is 10.1. The van der Waals surface area contributed by atoms with E-state index in [0.29, 0.717) is 12.1 Å². The van der Waals surface area contributed by atoms with Gasteiger partial charge < -0.3 is 10.2 Å². The minimum atomic E-state index is -4.11. The molecule has 0 radical (unpaired) electrons. The maximum Gasteiger partial charge on any atom is 0.264 e. The first-order chi connectivity index (χ1) is 19.4. The van der Waals surface area contributed by atoms with Crippen LogP contribution in [0.5, 0.6) is 0 Å². The number of sulfonamides is 1. The molecule has 0 saturated carbocycles. The second-order valence-electron chi connectivity index (χ2n) is 10.8. The molecular formula is C33H43N3O4S. The quantitative estimate of drug-likeness (QED) is 0.293. The summed E-state index contributed by atoms with van der Waals surface area (Å²) in [6.45, 7) is 13.1. The first kappa shape index (κ1) is 31.9. The molecule has 2 atom stereocenters. The molecule has 220 valence electrons. The van der Waals surface area contributed by atoms with Gasteiger partial charge in [0.25, 0.3) is 10.0 Å². The Hall–Kier alpha value is -3.65. The van der Waals surface area contributed by atoms with Crippen molar-refractivity contribution in [2.45, 2.75) is 84.8 Å². The molecule has 0 heterocycles. The third kappa shape index (κ3) is 7.76. The van der Waals surface area contributed by atoms with Crippen LogP contribution in [0.1, 0.15) is 61.4 Å². The molecule has 8 heteroatoms. The van der Waals surface area contributed by atoms with E-state index in [0.717, 1.165) is 34.2 Å². The van der Waals surface area contributed by atoms with Crippen molar-refractivity contribution in [3.05, 3.63) is 94.5 Å². The van der Waals surface area contributed by atoms with E-state index < -0.39 is 28.5 Å². The Morgan fingerprint density at radius 2 is 1.41 bits per heavy atom. The normalized spacial score (nSPS) is 12.9. The summed E-state index contributed by atoms with van der Waals surface area (Å²) in [4.78, 5) is 29.2. The van der Waals surface area contributed by atoms with Crippen LogP contribution in [-0.4, -0.2) is 43.8 Å². The maximum absolute atomic E-state index is 14.2. The molecular weight excluding hydrogens is 534 g/mol. The van der Waals surface area contributed by atoms with E-state index >= 15 is 0 Å². The molecule has 0 spiro atoms. The standard InChI is InChI=1S/C33H43N3O4S/c1-8-26(6)34-33(38)30(9-2)35(21-28-17-13-23(3)14-18-28)32(37)22-36(31-12-10-11-25(5)27(31)7)41(39,40)29-19-15-24(4)16-20-29/h10-20,26,30H,8-9,21-22H2,1-7H3,(H,34,38)/t26-,30-/m0/s1. The average Bonchev–Trinajstić information content (AvgIpc) is 2.94. The molecule has 0 bridgehead atoms. The van der Waals surface area contributed by atoms with Gasteiger partial charge in [-0.25, -0.2) is 8.42 Å². The molecule has 7 nitrogen and oxygen atoms in total. The monoisotopic (exact) mass is 577 g/mol. The molecule has 3 rings (SSSR count). The molecule has 0 aliphatic heterocycles. The molecule has 0 aromatic heterocycles. The molecule has 1 N–H and O–H groups in total. The third-order valence-corrected chi connectivity index (χ3v) is 9.37. The lowest BCUT2D eigenvalue weighted by Gasteiger charge is -2.34. The van der Waals surface area contributed by atoms with Crippen molar-refractivity contribution in [3.63, 3.8) is 0 Å². The summed E-state index contributed by atoms with van der Waals surface area (Å²) < 4.78 is 29.4. The fourth-order valence-electron chi connectivity index (χ4n) is 4.61. The van der Waals surface area contributed by atoms with Crippen LogP contribution in [0.2, 0.25) is 0 Å². The van der Waals surface area contributed by atoms with E-state index in [9.17, 15) is 18.0 Å². The minimum Gasteiger partial charge on any atom is -0.352 e. The van der Waals surface area contributed by atoms with Crippen LogP contribution in [0, 0.1) is 27.7 Å². The molecule has 0 aliphatic rings. The van der Waals surface area contributed by atoms with Gasteiger partial charge >= 0.3 is 0 Å². The largest absolute Gasteiger partial charge is 0.352 e. The molecule has 0 unspecified atom stereocenters. The number of aryl methyl sites for hydroxylation is 3. The smallest absolute Gasteiger partial charge is 0.264 e. The van der Waals surface area contributed by atoms with Gasteiger partial charge in [-0.3, -0.25) is 13.9 Å². The fourth-order valence-corrected chi connectivity index (χ4v) is 6.08. The Bertz CT molecular complexity index is 1450. The van der Waals surface area contributed by atoms with Crippen molar-refractivity contribution in [2.75, 3.05) is 10.8 Å². The Kier molecular flexibility index (Phi) is 10.7. The van der Waals surface area contributed by atoms with Gasteiger partial charge in [0, 0.05) is 12.6 Å². The van der Waals surface area contributed by atoms with Gasteiger partial charge in [0.2, 0.25) is 11.8 Å². The number of benzene rings is 3. The third-order valence-electron chi connectivity index (χ3n) is 7.59. The highest BCUT2D eigenvalue weighted by Crippen LogP contribution is 2.29. The van der Waals surface area contributed by atoms with Gasteiger partial charge in [-0.1, -0.05) is 73.5 Å². The zero-order chi connectivity index (χ0) is 30.3. The lowest BCUT2D eigenvalue weighted by Crippen LogP contribution is -2.53. The van der Waals surface area contributed by atoms with Crippen molar-refractivity contribution < 1.29 is 18.0 Å². The van der Waals surface area contributed by atoms with Crippen LogP contribution in [0.4, 0.5) is 5.69 Å². The van der Waals surface area contributed by atoms with Crippen LogP contribution >= 0.6 is 0 Å². The first-order valence-corrected chi connectivity index (χ1v) is 15.6. The number of nitrogens with one attached hydrogen (secondary N) is 1. The number of carbonyl (C=O) groups excluding carboxylic acids is 2. The number of rotatable bonds is 12. The zero-order valence-electron chi connectivity index (χ0n) is 25.3. The summed E-state index contributed by atoms with van der Waals surface area (Å²) in [5.41, 5.74) is 4.99. The molecule has 41 heavy (non-hydrogen) atoms. The van der Waals surface area contributed by atoms with Gasteiger partial charge in [0.05, 0.1) is 10.6 Å².